The number of nitrogens with zero attached hydrogens (tertiary/aromatic N) is 3. The van der Waals surface area contributed by atoms with Gasteiger partial charge in [0, 0.05) is 11.6 Å². The number of aromatic nitrogens is 4. The molecule has 8 heteroatoms. The number of amides is 1. The van der Waals surface area contributed by atoms with Gasteiger partial charge in [0.1, 0.15) is 5.82 Å². The highest BCUT2D eigenvalue weighted by Gasteiger charge is 2.10. The summed E-state index contributed by atoms with van der Waals surface area (Å²) in [6.07, 6.45) is 2.98. The van der Waals surface area contributed by atoms with Gasteiger partial charge in [0.2, 0.25) is 5.95 Å². The Morgan fingerprint density at radius 1 is 1.38 bits per heavy atom. The minimum absolute atomic E-state index is 0.0411. The standard InChI is InChI=1S/C13H11FN6O/c1-6-4-16-11-8(6)2-7(14)3-9(11)18-13-17-5-10(12(15)21)19-20-13/h2-5,16H,1H3,(H2,15,21)(H,17,18,20). The van der Waals surface area contributed by atoms with Gasteiger partial charge in [-0.1, -0.05) is 0 Å². The molecule has 0 spiro atoms. The van der Waals surface area contributed by atoms with Crippen LogP contribution >= 0.6 is 0 Å². The van der Waals surface area contributed by atoms with Gasteiger partial charge in [-0.3, -0.25) is 4.79 Å². The third-order valence-electron chi connectivity index (χ3n) is 3.02. The predicted molar refractivity (Wildman–Crippen MR) is 74.6 cm³/mol. The van der Waals surface area contributed by atoms with Crippen molar-refractivity contribution in [3.63, 3.8) is 0 Å². The van der Waals surface area contributed by atoms with Gasteiger partial charge >= 0.3 is 0 Å². The van der Waals surface area contributed by atoms with E-state index in [9.17, 15) is 9.18 Å². The number of hydrogen-bond donors (Lipinski definition) is 3. The zero-order valence-corrected chi connectivity index (χ0v) is 11.0. The summed E-state index contributed by atoms with van der Waals surface area (Å²) in [7, 11) is 0. The lowest BCUT2D eigenvalue weighted by Gasteiger charge is -2.06. The van der Waals surface area contributed by atoms with Crippen molar-refractivity contribution in [2.45, 2.75) is 6.92 Å². The van der Waals surface area contributed by atoms with Crippen LogP contribution in [-0.2, 0) is 0 Å². The summed E-state index contributed by atoms with van der Waals surface area (Å²) in [5.74, 6) is -0.955. The van der Waals surface area contributed by atoms with Crippen molar-refractivity contribution < 1.29 is 9.18 Å². The topological polar surface area (TPSA) is 110 Å². The lowest BCUT2D eigenvalue weighted by atomic mass is 10.1. The first-order valence-electron chi connectivity index (χ1n) is 6.08. The number of carbonyl (C=O) groups excluding carboxylic acids is 1. The number of anilines is 2. The first kappa shape index (κ1) is 13.0. The summed E-state index contributed by atoms with van der Waals surface area (Å²) in [5, 5.41) is 11.0. The number of aromatic amines is 1. The number of nitrogens with two attached hydrogens (primary N) is 1. The summed E-state index contributed by atoms with van der Waals surface area (Å²) >= 11 is 0. The van der Waals surface area contributed by atoms with Crippen LogP contribution in [0.3, 0.4) is 0 Å². The number of H-pyrrole nitrogens is 1. The monoisotopic (exact) mass is 286 g/mol. The summed E-state index contributed by atoms with van der Waals surface area (Å²) in [6, 6.07) is 2.77. The zero-order chi connectivity index (χ0) is 15.0. The molecule has 0 unspecified atom stereocenters. The van der Waals surface area contributed by atoms with E-state index in [1.54, 1.807) is 6.20 Å². The number of nitrogens with one attached hydrogen (secondary N) is 2. The molecule has 3 rings (SSSR count). The van der Waals surface area contributed by atoms with Crippen LogP contribution < -0.4 is 11.1 Å². The molecule has 0 aliphatic carbocycles. The fourth-order valence-corrected chi connectivity index (χ4v) is 2.00. The molecule has 1 aromatic carbocycles. The lowest BCUT2D eigenvalue weighted by Crippen LogP contribution is -2.15. The molecule has 0 radical (unpaired) electrons. The number of fused-ring (bicyclic) bond motifs is 1. The van der Waals surface area contributed by atoms with Crippen LogP contribution in [0.2, 0.25) is 0 Å². The van der Waals surface area contributed by atoms with Gasteiger partial charge in [-0.05, 0) is 24.6 Å². The van der Waals surface area contributed by atoms with Crippen molar-refractivity contribution in [1.29, 1.82) is 0 Å². The molecule has 106 valence electrons. The van der Waals surface area contributed by atoms with E-state index in [0.29, 0.717) is 5.69 Å². The Kier molecular flexibility index (Phi) is 2.98. The predicted octanol–water partition coefficient (Wildman–Crippen LogP) is 1.64. The molecule has 4 N–H and O–H groups in total. The number of carbonyl (C=O) groups is 1. The van der Waals surface area contributed by atoms with Crippen LogP contribution in [0.5, 0.6) is 0 Å². The van der Waals surface area contributed by atoms with Crippen molar-refractivity contribution in [2.75, 3.05) is 5.32 Å². The molecule has 2 heterocycles. The van der Waals surface area contributed by atoms with Crippen molar-refractivity contribution in [3.8, 4) is 0 Å². The summed E-state index contributed by atoms with van der Waals surface area (Å²) < 4.78 is 13.7. The highest BCUT2D eigenvalue weighted by Crippen LogP contribution is 2.27. The van der Waals surface area contributed by atoms with Gasteiger partial charge in [-0.2, -0.15) is 0 Å². The van der Waals surface area contributed by atoms with E-state index in [2.05, 4.69) is 25.5 Å². The Morgan fingerprint density at radius 2 is 2.19 bits per heavy atom. The summed E-state index contributed by atoms with van der Waals surface area (Å²) in [5.41, 5.74) is 7.15. The molecule has 1 amide bonds. The molecular weight excluding hydrogens is 275 g/mol. The summed E-state index contributed by atoms with van der Waals surface area (Å²) in [6.45, 7) is 1.88. The van der Waals surface area contributed by atoms with Gasteiger partial charge < -0.3 is 16.0 Å². The van der Waals surface area contributed by atoms with Gasteiger partial charge in [0.25, 0.3) is 5.91 Å². The van der Waals surface area contributed by atoms with Crippen LogP contribution in [0.1, 0.15) is 16.1 Å². The van der Waals surface area contributed by atoms with Crippen LogP contribution in [-0.4, -0.2) is 26.1 Å². The van der Waals surface area contributed by atoms with Crippen molar-refractivity contribution in [3.05, 3.63) is 41.6 Å². The average molecular weight is 286 g/mol. The molecule has 0 bridgehead atoms. The van der Waals surface area contributed by atoms with Crippen LogP contribution in [0.4, 0.5) is 16.0 Å². The first-order valence-corrected chi connectivity index (χ1v) is 6.08. The van der Waals surface area contributed by atoms with E-state index in [1.165, 1.54) is 18.3 Å². The maximum atomic E-state index is 13.7. The maximum Gasteiger partial charge on any atom is 0.270 e. The fourth-order valence-electron chi connectivity index (χ4n) is 2.00. The zero-order valence-electron chi connectivity index (χ0n) is 11.0. The van der Waals surface area contributed by atoms with E-state index in [1.807, 2.05) is 6.92 Å². The Hall–Kier alpha value is -3.03. The quantitative estimate of drug-likeness (QED) is 0.678. The molecule has 0 saturated heterocycles. The third kappa shape index (κ3) is 2.38. The number of hydrogen-bond acceptors (Lipinski definition) is 5. The number of benzene rings is 1. The van der Waals surface area contributed by atoms with E-state index < -0.39 is 5.91 Å². The van der Waals surface area contributed by atoms with Gasteiger partial charge in [0.05, 0.1) is 17.4 Å². The molecule has 3 aromatic rings. The molecule has 2 aromatic heterocycles. The maximum absolute atomic E-state index is 13.7. The van der Waals surface area contributed by atoms with Gasteiger partial charge in [0.15, 0.2) is 5.69 Å². The van der Waals surface area contributed by atoms with E-state index >= 15 is 0 Å². The minimum atomic E-state index is -0.713. The van der Waals surface area contributed by atoms with E-state index in [4.69, 9.17) is 5.73 Å². The Morgan fingerprint density at radius 3 is 2.86 bits per heavy atom. The Labute approximate surface area is 118 Å². The number of aryl methyl sites for hydroxylation is 1. The third-order valence-corrected chi connectivity index (χ3v) is 3.02. The number of halogens is 1. The Balaban J connectivity index is 1.99. The molecule has 0 aliphatic heterocycles. The van der Waals surface area contributed by atoms with E-state index in [0.717, 1.165) is 16.5 Å². The fraction of sp³-hybridized carbons (Fsp3) is 0.0769. The smallest absolute Gasteiger partial charge is 0.270 e. The van der Waals surface area contributed by atoms with Crippen LogP contribution in [0.15, 0.2) is 24.5 Å². The van der Waals surface area contributed by atoms with Crippen molar-refractivity contribution in [2.24, 2.45) is 5.73 Å². The largest absolute Gasteiger partial charge is 0.364 e. The Bertz CT molecular complexity index is 827. The van der Waals surface area contributed by atoms with Crippen molar-refractivity contribution in [1.82, 2.24) is 20.2 Å². The van der Waals surface area contributed by atoms with Crippen molar-refractivity contribution >= 4 is 28.4 Å². The molecule has 0 saturated carbocycles. The molecule has 21 heavy (non-hydrogen) atoms. The molecule has 7 nitrogen and oxygen atoms in total. The van der Waals surface area contributed by atoms with Crippen LogP contribution in [0, 0.1) is 12.7 Å². The van der Waals surface area contributed by atoms with Crippen LogP contribution in [0.25, 0.3) is 10.9 Å². The first-order chi connectivity index (χ1) is 10.0. The summed E-state index contributed by atoms with van der Waals surface area (Å²) in [4.78, 5) is 17.9. The van der Waals surface area contributed by atoms with Gasteiger partial charge in [-0.25, -0.2) is 9.37 Å². The lowest BCUT2D eigenvalue weighted by molar-refractivity contribution is 0.0994. The molecule has 0 fully saturated rings. The average Bonchev–Trinajstić information content (AvgIpc) is 2.81. The minimum Gasteiger partial charge on any atom is -0.364 e. The second-order valence-corrected chi connectivity index (χ2v) is 4.50. The molecule has 0 atom stereocenters. The highest BCUT2D eigenvalue weighted by atomic mass is 19.1. The normalized spacial score (nSPS) is 10.8. The SMILES string of the molecule is Cc1c[nH]c2c(Nc3ncc(C(N)=O)nn3)cc(F)cc12. The second-order valence-electron chi connectivity index (χ2n) is 4.50. The number of rotatable bonds is 3. The molecule has 0 aliphatic rings. The number of primary amides is 1. The van der Waals surface area contributed by atoms with E-state index in [-0.39, 0.29) is 17.5 Å². The molecular formula is C13H11FN6O. The van der Waals surface area contributed by atoms with Gasteiger partial charge in [-0.15, -0.1) is 10.2 Å². The second kappa shape index (κ2) is 4.82. The highest BCUT2D eigenvalue weighted by molar-refractivity contribution is 5.94.